The molecule has 112 valence electrons. The number of nitrogens with zero attached hydrogens (tertiary/aromatic N) is 1. The molecule has 1 heterocycles. The van der Waals surface area contributed by atoms with Gasteiger partial charge in [0, 0.05) is 25.2 Å². The van der Waals surface area contributed by atoms with Crippen LogP contribution in [0, 0.1) is 5.82 Å². The van der Waals surface area contributed by atoms with Crippen LogP contribution in [0.4, 0.5) is 4.39 Å². The maximum Gasteiger partial charge on any atom is 0.123 e. The highest BCUT2D eigenvalue weighted by molar-refractivity contribution is 7.07. The molecular weight excluding hydrogens is 283 g/mol. The standard InChI is InChI=1S/C17H21FN2S/c18-15-3-1-2-14(10-15)17(19)6-8-20(16-4-5-16)11-13-7-9-21-12-13/h1-3,7,9-10,12,16-17H,4-6,8,11,19H2. The fraction of sp³-hybridized carbons (Fsp3) is 0.412. The van der Waals surface area contributed by atoms with Crippen molar-refractivity contribution in [3.63, 3.8) is 0 Å². The summed E-state index contributed by atoms with van der Waals surface area (Å²) in [6.07, 6.45) is 3.45. The van der Waals surface area contributed by atoms with Gasteiger partial charge < -0.3 is 5.73 Å². The number of hydrogen-bond acceptors (Lipinski definition) is 3. The van der Waals surface area contributed by atoms with E-state index in [0.29, 0.717) is 6.04 Å². The first kappa shape index (κ1) is 14.7. The summed E-state index contributed by atoms with van der Waals surface area (Å²) in [5, 5.41) is 4.33. The lowest BCUT2D eigenvalue weighted by Gasteiger charge is -2.23. The van der Waals surface area contributed by atoms with Crippen LogP contribution < -0.4 is 5.73 Å². The van der Waals surface area contributed by atoms with Crippen molar-refractivity contribution in [2.24, 2.45) is 5.73 Å². The van der Waals surface area contributed by atoms with Crippen LogP contribution in [-0.4, -0.2) is 17.5 Å². The van der Waals surface area contributed by atoms with Crippen LogP contribution in [0.3, 0.4) is 0 Å². The van der Waals surface area contributed by atoms with Crippen LogP contribution in [0.1, 0.15) is 36.4 Å². The average molecular weight is 304 g/mol. The van der Waals surface area contributed by atoms with E-state index in [2.05, 4.69) is 21.7 Å². The van der Waals surface area contributed by atoms with Crippen molar-refractivity contribution in [3.8, 4) is 0 Å². The van der Waals surface area contributed by atoms with Crippen molar-refractivity contribution in [1.82, 2.24) is 4.90 Å². The smallest absolute Gasteiger partial charge is 0.123 e. The molecule has 0 saturated heterocycles. The quantitative estimate of drug-likeness (QED) is 0.839. The average Bonchev–Trinajstić information content (AvgIpc) is 3.20. The molecule has 4 heteroatoms. The lowest BCUT2D eigenvalue weighted by Crippen LogP contribution is -2.29. The molecule has 1 saturated carbocycles. The molecule has 1 aromatic carbocycles. The largest absolute Gasteiger partial charge is 0.324 e. The molecule has 0 spiro atoms. The van der Waals surface area contributed by atoms with E-state index in [1.165, 1.54) is 24.5 Å². The summed E-state index contributed by atoms with van der Waals surface area (Å²) in [4.78, 5) is 2.52. The van der Waals surface area contributed by atoms with Gasteiger partial charge >= 0.3 is 0 Å². The van der Waals surface area contributed by atoms with Crippen LogP contribution in [0.2, 0.25) is 0 Å². The molecule has 3 rings (SSSR count). The Balaban J connectivity index is 1.56. The Morgan fingerprint density at radius 3 is 2.86 bits per heavy atom. The first-order valence-electron chi connectivity index (χ1n) is 7.48. The number of hydrogen-bond donors (Lipinski definition) is 1. The fourth-order valence-corrected chi connectivity index (χ4v) is 3.32. The molecule has 1 aromatic heterocycles. The summed E-state index contributed by atoms with van der Waals surface area (Å²) in [7, 11) is 0. The van der Waals surface area contributed by atoms with E-state index in [1.54, 1.807) is 23.5 Å². The second-order valence-electron chi connectivity index (χ2n) is 5.78. The molecule has 2 N–H and O–H groups in total. The van der Waals surface area contributed by atoms with Crippen molar-refractivity contribution < 1.29 is 4.39 Å². The summed E-state index contributed by atoms with van der Waals surface area (Å²) < 4.78 is 13.3. The zero-order valence-electron chi connectivity index (χ0n) is 12.0. The van der Waals surface area contributed by atoms with Crippen molar-refractivity contribution in [3.05, 3.63) is 58.0 Å². The van der Waals surface area contributed by atoms with Gasteiger partial charge in [-0.3, -0.25) is 4.90 Å². The van der Waals surface area contributed by atoms with Crippen molar-refractivity contribution in [2.75, 3.05) is 6.54 Å². The summed E-state index contributed by atoms with van der Waals surface area (Å²) in [5.74, 6) is -0.208. The van der Waals surface area contributed by atoms with Crippen molar-refractivity contribution >= 4 is 11.3 Å². The van der Waals surface area contributed by atoms with Crippen LogP contribution in [0.5, 0.6) is 0 Å². The van der Waals surface area contributed by atoms with E-state index in [4.69, 9.17) is 5.73 Å². The fourth-order valence-electron chi connectivity index (χ4n) is 2.66. The van der Waals surface area contributed by atoms with Gasteiger partial charge in [0.05, 0.1) is 0 Å². The number of nitrogens with two attached hydrogens (primary N) is 1. The third kappa shape index (κ3) is 4.13. The van der Waals surface area contributed by atoms with E-state index in [1.807, 2.05) is 6.07 Å². The van der Waals surface area contributed by atoms with Gasteiger partial charge in [0.2, 0.25) is 0 Å². The van der Waals surface area contributed by atoms with Gasteiger partial charge in [-0.15, -0.1) is 0 Å². The number of thiophene rings is 1. The van der Waals surface area contributed by atoms with E-state index in [0.717, 1.165) is 25.1 Å². The SMILES string of the molecule is NC(CCN(Cc1ccsc1)C1CC1)c1cccc(F)c1. The normalized spacial score (nSPS) is 16.3. The van der Waals surface area contributed by atoms with Crippen LogP contribution in [0.15, 0.2) is 41.1 Å². The second-order valence-corrected chi connectivity index (χ2v) is 6.56. The lowest BCUT2D eigenvalue weighted by molar-refractivity contribution is 0.245. The van der Waals surface area contributed by atoms with Crippen molar-refractivity contribution in [2.45, 2.75) is 37.9 Å². The maximum absolute atomic E-state index is 13.3. The zero-order valence-corrected chi connectivity index (χ0v) is 12.9. The predicted octanol–water partition coefficient (Wildman–Crippen LogP) is 3.94. The van der Waals surface area contributed by atoms with Gasteiger partial charge in [0.1, 0.15) is 5.82 Å². The summed E-state index contributed by atoms with van der Waals surface area (Å²) >= 11 is 1.74. The molecule has 1 aliphatic rings. The first-order chi connectivity index (χ1) is 10.2. The molecule has 0 bridgehead atoms. The highest BCUT2D eigenvalue weighted by atomic mass is 32.1. The second kappa shape index (κ2) is 6.69. The Morgan fingerprint density at radius 2 is 2.19 bits per heavy atom. The van der Waals surface area contributed by atoms with Crippen LogP contribution >= 0.6 is 11.3 Å². The molecule has 0 aliphatic heterocycles. The minimum absolute atomic E-state index is 0.0931. The number of benzene rings is 1. The van der Waals surface area contributed by atoms with Gasteiger partial charge in [0.25, 0.3) is 0 Å². The van der Waals surface area contributed by atoms with E-state index >= 15 is 0 Å². The van der Waals surface area contributed by atoms with Gasteiger partial charge in [0.15, 0.2) is 0 Å². The van der Waals surface area contributed by atoms with Gasteiger partial charge in [-0.25, -0.2) is 4.39 Å². The van der Waals surface area contributed by atoms with E-state index < -0.39 is 0 Å². The third-order valence-electron chi connectivity index (χ3n) is 4.03. The molecule has 1 atom stereocenters. The van der Waals surface area contributed by atoms with Crippen molar-refractivity contribution in [1.29, 1.82) is 0 Å². The van der Waals surface area contributed by atoms with Gasteiger partial charge in [-0.05, 0) is 59.3 Å². The Bertz CT molecular complexity index is 566. The predicted molar refractivity (Wildman–Crippen MR) is 85.7 cm³/mol. The molecule has 1 fully saturated rings. The molecule has 1 aliphatic carbocycles. The molecule has 0 amide bonds. The highest BCUT2D eigenvalue weighted by Crippen LogP contribution is 2.29. The Hall–Kier alpha value is -1.23. The van der Waals surface area contributed by atoms with Crippen LogP contribution in [-0.2, 0) is 6.54 Å². The minimum atomic E-state index is -0.208. The van der Waals surface area contributed by atoms with E-state index in [9.17, 15) is 4.39 Å². The summed E-state index contributed by atoms with van der Waals surface area (Å²) in [6, 6.07) is 9.46. The van der Waals surface area contributed by atoms with Gasteiger partial charge in [-0.2, -0.15) is 11.3 Å². The maximum atomic E-state index is 13.3. The molecule has 0 radical (unpaired) electrons. The highest BCUT2D eigenvalue weighted by Gasteiger charge is 2.29. The van der Waals surface area contributed by atoms with Gasteiger partial charge in [-0.1, -0.05) is 12.1 Å². The Kier molecular flexibility index (Phi) is 4.68. The topological polar surface area (TPSA) is 29.3 Å². The third-order valence-corrected chi connectivity index (χ3v) is 4.77. The molecule has 21 heavy (non-hydrogen) atoms. The number of halogens is 1. The monoisotopic (exact) mass is 304 g/mol. The molecule has 1 unspecified atom stereocenters. The molecule has 2 aromatic rings. The molecular formula is C17H21FN2S. The number of rotatable bonds is 7. The summed E-state index contributed by atoms with van der Waals surface area (Å²) in [6.45, 7) is 1.97. The molecule has 2 nitrogen and oxygen atoms in total. The zero-order chi connectivity index (χ0) is 14.7. The van der Waals surface area contributed by atoms with Crippen LogP contribution in [0.25, 0.3) is 0 Å². The minimum Gasteiger partial charge on any atom is -0.324 e. The van der Waals surface area contributed by atoms with E-state index in [-0.39, 0.29) is 11.9 Å². The summed E-state index contributed by atoms with van der Waals surface area (Å²) in [5.41, 5.74) is 8.49. The Labute approximate surface area is 129 Å². The first-order valence-corrected chi connectivity index (χ1v) is 8.43. The Morgan fingerprint density at radius 1 is 1.33 bits per heavy atom. The lowest BCUT2D eigenvalue weighted by atomic mass is 10.0.